The summed E-state index contributed by atoms with van der Waals surface area (Å²) in [4.78, 5) is 5.06. The molecular formula is C16H26BrN3. The van der Waals surface area contributed by atoms with Crippen LogP contribution in [0.25, 0.3) is 0 Å². The van der Waals surface area contributed by atoms with E-state index in [1.807, 2.05) is 7.05 Å². The number of anilines is 1. The Bertz CT molecular complexity index is 426. The first-order valence-electron chi connectivity index (χ1n) is 7.50. The molecule has 1 aromatic rings. The predicted molar refractivity (Wildman–Crippen MR) is 90.4 cm³/mol. The maximum Gasteiger partial charge on any atom is 0.0511 e. The van der Waals surface area contributed by atoms with Crippen LogP contribution in [-0.4, -0.2) is 44.7 Å². The second-order valence-corrected chi connectivity index (χ2v) is 6.85. The van der Waals surface area contributed by atoms with E-state index in [1.165, 1.54) is 35.4 Å². The lowest BCUT2D eigenvalue weighted by Gasteiger charge is -2.37. The lowest BCUT2D eigenvalue weighted by molar-refractivity contribution is 0.231. The molecule has 0 bridgehead atoms. The Kier molecular flexibility index (Phi) is 5.87. The molecule has 20 heavy (non-hydrogen) atoms. The second kappa shape index (κ2) is 7.43. The van der Waals surface area contributed by atoms with Crippen LogP contribution in [0.15, 0.2) is 22.7 Å². The number of hydrogen-bond donors (Lipinski definition) is 1. The molecule has 0 spiro atoms. The van der Waals surface area contributed by atoms with E-state index in [9.17, 15) is 0 Å². The zero-order chi connectivity index (χ0) is 14.5. The zero-order valence-corrected chi connectivity index (χ0v) is 14.4. The minimum absolute atomic E-state index is 0.758. The molecule has 3 nitrogen and oxygen atoms in total. The number of halogens is 1. The molecule has 0 aromatic heterocycles. The second-order valence-electron chi connectivity index (χ2n) is 6.00. The van der Waals surface area contributed by atoms with Gasteiger partial charge in [-0.25, -0.2) is 0 Å². The van der Waals surface area contributed by atoms with Crippen LogP contribution in [0, 0.1) is 5.92 Å². The van der Waals surface area contributed by atoms with Gasteiger partial charge in [0.05, 0.1) is 5.69 Å². The SMILES string of the molecule is CNCc1ccc(N2CCN(CC(C)C)CC2)c(Br)c1. The van der Waals surface area contributed by atoms with Crippen LogP contribution in [0.2, 0.25) is 0 Å². The van der Waals surface area contributed by atoms with Crippen LogP contribution in [0.1, 0.15) is 19.4 Å². The van der Waals surface area contributed by atoms with Gasteiger partial charge in [-0.15, -0.1) is 0 Å². The highest BCUT2D eigenvalue weighted by molar-refractivity contribution is 9.10. The summed E-state index contributed by atoms with van der Waals surface area (Å²) in [7, 11) is 1.98. The Morgan fingerprint density at radius 3 is 2.45 bits per heavy atom. The number of rotatable bonds is 5. The van der Waals surface area contributed by atoms with Crippen molar-refractivity contribution in [1.82, 2.24) is 10.2 Å². The molecule has 1 aliphatic heterocycles. The molecule has 112 valence electrons. The fraction of sp³-hybridized carbons (Fsp3) is 0.625. The van der Waals surface area contributed by atoms with Gasteiger partial charge < -0.3 is 10.2 Å². The van der Waals surface area contributed by atoms with E-state index < -0.39 is 0 Å². The number of hydrogen-bond acceptors (Lipinski definition) is 3. The van der Waals surface area contributed by atoms with Crippen molar-refractivity contribution in [2.75, 3.05) is 44.7 Å². The summed E-state index contributed by atoms with van der Waals surface area (Å²) in [6, 6.07) is 6.69. The summed E-state index contributed by atoms with van der Waals surface area (Å²) in [6.45, 7) is 11.3. The highest BCUT2D eigenvalue weighted by Crippen LogP contribution is 2.28. The zero-order valence-electron chi connectivity index (χ0n) is 12.8. The topological polar surface area (TPSA) is 18.5 Å². The Morgan fingerprint density at radius 2 is 1.90 bits per heavy atom. The molecule has 1 fully saturated rings. The van der Waals surface area contributed by atoms with Crippen molar-refractivity contribution in [1.29, 1.82) is 0 Å². The molecule has 0 unspecified atom stereocenters. The van der Waals surface area contributed by atoms with E-state index in [0.29, 0.717) is 0 Å². The van der Waals surface area contributed by atoms with Gasteiger partial charge in [0.1, 0.15) is 0 Å². The van der Waals surface area contributed by atoms with E-state index in [2.05, 4.69) is 63.1 Å². The molecule has 0 atom stereocenters. The van der Waals surface area contributed by atoms with Gasteiger partial charge in [0.2, 0.25) is 0 Å². The molecule has 4 heteroatoms. The summed E-state index contributed by atoms with van der Waals surface area (Å²) in [6.07, 6.45) is 0. The smallest absolute Gasteiger partial charge is 0.0511 e. The van der Waals surface area contributed by atoms with Crippen molar-refractivity contribution in [2.45, 2.75) is 20.4 Å². The monoisotopic (exact) mass is 339 g/mol. The highest BCUT2D eigenvalue weighted by atomic mass is 79.9. The number of benzene rings is 1. The third-order valence-corrected chi connectivity index (χ3v) is 4.36. The molecule has 0 saturated carbocycles. The predicted octanol–water partition coefficient (Wildman–Crippen LogP) is 2.95. The Morgan fingerprint density at radius 1 is 1.20 bits per heavy atom. The molecule has 0 amide bonds. The summed E-state index contributed by atoms with van der Waals surface area (Å²) < 4.78 is 1.21. The lowest BCUT2D eigenvalue weighted by atomic mass is 10.1. The van der Waals surface area contributed by atoms with Crippen LogP contribution in [0.5, 0.6) is 0 Å². The summed E-state index contributed by atoms with van der Waals surface area (Å²) in [5, 5.41) is 3.19. The van der Waals surface area contributed by atoms with Gasteiger partial charge in [-0.05, 0) is 46.6 Å². The van der Waals surface area contributed by atoms with E-state index >= 15 is 0 Å². The maximum absolute atomic E-state index is 3.73. The lowest BCUT2D eigenvalue weighted by Crippen LogP contribution is -2.47. The molecule has 1 N–H and O–H groups in total. The van der Waals surface area contributed by atoms with Crippen molar-refractivity contribution in [2.24, 2.45) is 5.92 Å². The number of piperazine rings is 1. The van der Waals surface area contributed by atoms with E-state index in [-0.39, 0.29) is 0 Å². The first-order chi connectivity index (χ1) is 9.60. The van der Waals surface area contributed by atoms with Crippen molar-refractivity contribution >= 4 is 21.6 Å². The van der Waals surface area contributed by atoms with Crippen molar-refractivity contribution < 1.29 is 0 Å². The Balaban J connectivity index is 1.96. The van der Waals surface area contributed by atoms with E-state index in [0.717, 1.165) is 25.6 Å². The number of nitrogens with one attached hydrogen (secondary N) is 1. The fourth-order valence-corrected chi connectivity index (χ4v) is 3.49. The van der Waals surface area contributed by atoms with Crippen LogP contribution in [0.4, 0.5) is 5.69 Å². The third-order valence-electron chi connectivity index (χ3n) is 3.73. The quantitative estimate of drug-likeness (QED) is 0.889. The molecule has 1 aliphatic rings. The average Bonchev–Trinajstić information content (AvgIpc) is 2.40. The van der Waals surface area contributed by atoms with Gasteiger partial charge in [-0.1, -0.05) is 19.9 Å². The molecular weight excluding hydrogens is 314 g/mol. The fourth-order valence-electron chi connectivity index (χ4n) is 2.81. The number of nitrogens with zero attached hydrogens (tertiary/aromatic N) is 2. The van der Waals surface area contributed by atoms with Crippen molar-refractivity contribution in [3.63, 3.8) is 0 Å². The normalized spacial score (nSPS) is 16.9. The van der Waals surface area contributed by atoms with Crippen LogP contribution < -0.4 is 10.2 Å². The van der Waals surface area contributed by atoms with E-state index in [1.54, 1.807) is 0 Å². The van der Waals surface area contributed by atoms with Crippen LogP contribution in [-0.2, 0) is 6.54 Å². The van der Waals surface area contributed by atoms with Crippen LogP contribution in [0.3, 0.4) is 0 Å². The minimum Gasteiger partial charge on any atom is -0.368 e. The van der Waals surface area contributed by atoms with Gasteiger partial charge in [0, 0.05) is 43.7 Å². The molecule has 2 rings (SSSR count). The van der Waals surface area contributed by atoms with E-state index in [4.69, 9.17) is 0 Å². The van der Waals surface area contributed by atoms with Crippen LogP contribution >= 0.6 is 15.9 Å². The molecule has 1 saturated heterocycles. The first kappa shape index (κ1) is 15.8. The third kappa shape index (κ3) is 4.21. The summed E-state index contributed by atoms with van der Waals surface area (Å²) >= 11 is 3.73. The summed E-state index contributed by atoms with van der Waals surface area (Å²) in [5.74, 6) is 0.758. The highest BCUT2D eigenvalue weighted by Gasteiger charge is 2.19. The Hall–Kier alpha value is -0.580. The average molecular weight is 340 g/mol. The van der Waals surface area contributed by atoms with Gasteiger partial charge in [-0.2, -0.15) is 0 Å². The van der Waals surface area contributed by atoms with Gasteiger partial charge >= 0.3 is 0 Å². The molecule has 0 aliphatic carbocycles. The largest absolute Gasteiger partial charge is 0.368 e. The maximum atomic E-state index is 3.73. The van der Waals surface area contributed by atoms with Crippen molar-refractivity contribution in [3.05, 3.63) is 28.2 Å². The van der Waals surface area contributed by atoms with Gasteiger partial charge in [0.25, 0.3) is 0 Å². The molecule has 1 aromatic carbocycles. The summed E-state index contributed by atoms with van der Waals surface area (Å²) in [5.41, 5.74) is 2.65. The van der Waals surface area contributed by atoms with Gasteiger partial charge in [-0.3, -0.25) is 4.90 Å². The van der Waals surface area contributed by atoms with Gasteiger partial charge in [0.15, 0.2) is 0 Å². The Labute approximate surface area is 131 Å². The molecule has 0 radical (unpaired) electrons. The van der Waals surface area contributed by atoms with Crippen molar-refractivity contribution in [3.8, 4) is 0 Å². The standard InChI is InChI=1S/C16H26BrN3/c1-13(2)12-19-6-8-20(9-7-19)16-5-4-14(11-18-3)10-15(16)17/h4-5,10,13,18H,6-9,11-12H2,1-3H3. The first-order valence-corrected chi connectivity index (χ1v) is 8.29. The minimum atomic E-state index is 0.758. The molecule has 1 heterocycles.